The van der Waals surface area contributed by atoms with Crippen molar-refractivity contribution in [1.29, 1.82) is 0 Å². The van der Waals surface area contributed by atoms with Crippen LogP contribution in [0.3, 0.4) is 0 Å². The predicted octanol–water partition coefficient (Wildman–Crippen LogP) is 0.645. The average molecular weight is 200 g/mol. The van der Waals surface area contributed by atoms with E-state index in [0.717, 1.165) is 0 Å². The first-order chi connectivity index (χ1) is 6.54. The maximum absolute atomic E-state index is 10.0. The largest absolute Gasteiger partial charge is 0.392 e. The summed E-state index contributed by atoms with van der Waals surface area (Å²) in [5.41, 5.74) is 0. The summed E-state index contributed by atoms with van der Waals surface area (Å²) in [6, 6.07) is 0. The minimum atomic E-state index is -0.389. The first kappa shape index (κ1) is 10.4. The second-order valence-corrected chi connectivity index (χ2v) is 5.02. The molecule has 2 aliphatic rings. The van der Waals surface area contributed by atoms with Gasteiger partial charge in [0.05, 0.1) is 24.9 Å². The van der Waals surface area contributed by atoms with Gasteiger partial charge in [0.2, 0.25) is 0 Å². The zero-order chi connectivity index (χ0) is 10.5. The smallest absolute Gasteiger partial charge is 0.0887 e. The summed E-state index contributed by atoms with van der Waals surface area (Å²) in [5, 5.41) is 20.1. The Labute approximate surface area is 85.1 Å². The fourth-order valence-corrected chi connectivity index (χ4v) is 2.96. The molecule has 14 heavy (non-hydrogen) atoms. The minimum Gasteiger partial charge on any atom is -0.392 e. The molecule has 2 bridgehead atoms. The normalized spacial score (nSPS) is 58.5. The fraction of sp³-hybridized carbons (Fsp3) is 1.00. The molecule has 3 heteroatoms. The van der Waals surface area contributed by atoms with Crippen LogP contribution >= 0.6 is 0 Å². The van der Waals surface area contributed by atoms with Crippen LogP contribution in [0.5, 0.6) is 0 Å². The van der Waals surface area contributed by atoms with Gasteiger partial charge in [-0.05, 0) is 11.8 Å². The zero-order valence-corrected chi connectivity index (χ0v) is 9.05. The molecule has 1 aliphatic carbocycles. The Morgan fingerprint density at radius 2 is 1.57 bits per heavy atom. The molecule has 3 nitrogen and oxygen atoms in total. The highest BCUT2D eigenvalue weighted by Gasteiger charge is 2.49. The maximum Gasteiger partial charge on any atom is 0.0887 e. The molecule has 2 fully saturated rings. The van der Waals surface area contributed by atoms with Gasteiger partial charge in [-0.1, -0.05) is 20.8 Å². The molecule has 0 aromatic heterocycles. The van der Waals surface area contributed by atoms with Gasteiger partial charge in [-0.25, -0.2) is 0 Å². The number of hydrogen-bond acceptors (Lipinski definition) is 3. The summed E-state index contributed by atoms with van der Waals surface area (Å²) in [4.78, 5) is 0. The van der Waals surface area contributed by atoms with Crippen molar-refractivity contribution in [2.24, 2.45) is 23.7 Å². The molecular weight excluding hydrogens is 180 g/mol. The number of aliphatic hydroxyl groups excluding tert-OH is 2. The maximum atomic E-state index is 10.0. The Kier molecular flexibility index (Phi) is 2.58. The van der Waals surface area contributed by atoms with Crippen molar-refractivity contribution in [3.05, 3.63) is 0 Å². The molecule has 1 heterocycles. The minimum absolute atomic E-state index is 0.0370. The van der Waals surface area contributed by atoms with Gasteiger partial charge >= 0.3 is 0 Å². The van der Waals surface area contributed by atoms with Crippen LogP contribution in [0.15, 0.2) is 0 Å². The van der Waals surface area contributed by atoms with E-state index in [0.29, 0.717) is 12.5 Å². The van der Waals surface area contributed by atoms with Crippen molar-refractivity contribution in [2.75, 3.05) is 6.61 Å². The molecule has 0 amide bonds. The summed E-state index contributed by atoms with van der Waals surface area (Å²) in [7, 11) is 0. The van der Waals surface area contributed by atoms with E-state index >= 15 is 0 Å². The van der Waals surface area contributed by atoms with Crippen LogP contribution in [0.1, 0.15) is 20.8 Å². The van der Waals surface area contributed by atoms with Crippen molar-refractivity contribution in [3.8, 4) is 0 Å². The Morgan fingerprint density at radius 3 is 2.21 bits per heavy atom. The van der Waals surface area contributed by atoms with E-state index in [2.05, 4.69) is 13.8 Å². The van der Waals surface area contributed by atoms with Crippen molar-refractivity contribution >= 4 is 0 Å². The summed E-state index contributed by atoms with van der Waals surface area (Å²) in [6.07, 6.45) is -0.906. The molecule has 2 N–H and O–H groups in total. The van der Waals surface area contributed by atoms with Gasteiger partial charge in [0.1, 0.15) is 0 Å². The first-order valence-electron chi connectivity index (χ1n) is 5.51. The average Bonchev–Trinajstić information content (AvgIpc) is 2.53. The van der Waals surface area contributed by atoms with E-state index in [-0.39, 0.29) is 36.1 Å². The van der Waals surface area contributed by atoms with E-state index in [1.165, 1.54) is 0 Å². The highest BCUT2D eigenvalue weighted by Crippen LogP contribution is 2.41. The molecular formula is C11H20O3. The third kappa shape index (κ3) is 1.30. The third-order valence-corrected chi connectivity index (χ3v) is 4.36. The van der Waals surface area contributed by atoms with Crippen molar-refractivity contribution in [3.63, 3.8) is 0 Å². The lowest BCUT2D eigenvalue weighted by Crippen LogP contribution is -2.37. The standard InChI is InChI=1S/C11H20O3/c1-5-6(2)9(12)7(3)11-10(13)8(5)4-14-11/h5-13H,4H2,1-3H3/t5-,6?,7?,8+,9?,10-,11+/m0/s1. The quantitative estimate of drug-likeness (QED) is 0.603. The number of rotatable bonds is 0. The van der Waals surface area contributed by atoms with Gasteiger partial charge in [-0.15, -0.1) is 0 Å². The molecule has 0 aromatic rings. The fourth-order valence-electron chi connectivity index (χ4n) is 2.96. The van der Waals surface area contributed by atoms with E-state index in [1.54, 1.807) is 0 Å². The molecule has 1 saturated heterocycles. The van der Waals surface area contributed by atoms with Crippen molar-refractivity contribution in [2.45, 2.75) is 39.1 Å². The predicted molar refractivity (Wildman–Crippen MR) is 52.7 cm³/mol. The van der Waals surface area contributed by atoms with Gasteiger partial charge in [-0.2, -0.15) is 0 Å². The van der Waals surface area contributed by atoms with E-state index in [9.17, 15) is 10.2 Å². The van der Waals surface area contributed by atoms with Gasteiger partial charge in [0, 0.05) is 11.8 Å². The Bertz CT molecular complexity index is 197. The molecule has 2 rings (SSSR count). The lowest BCUT2D eigenvalue weighted by atomic mass is 9.81. The number of hydrogen-bond donors (Lipinski definition) is 2. The summed E-state index contributed by atoms with van der Waals surface area (Å²) in [6.45, 7) is 6.79. The van der Waals surface area contributed by atoms with E-state index in [4.69, 9.17) is 4.74 Å². The molecule has 0 spiro atoms. The number of aliphatic hydroxyl groups is 2. The molecule has 3 unspecified atom stereocenters. The lowest BCUT2D eigenvalue weighted by molar-refractivity contribution is -0.0541. The molecule has 1 aliphatic heterocycles. The van der Waals surface area contributed by atoms with Gasteiger partial charge in [0.25, 0.3) is 0 Å². The van der Waals surface area contributed by atoms with Crippen LogP contribution in [0.2, 0.25) is 0 Å². The highest BCUT2D eigenvalue weighted by atomic mass is 16.5. The topological polar surface area (TPSA) is 49.7 Å². The van der Waals surface area contributed by atoms with Crippen LogP contribution < -0.4 is 0 Å². The second kappa shape index (κ2) is 3.47. The molecule has 0 radical (unpaired) electrons. The second-order valence-electron chi connectivity index (χ2n) is 5.02. The SMILES string of the molecule is CC1C(O)C(C)[C@H](C)[C@H]2CO[C@H]1[C@H]2O. The van der Waals surface area contributed by atoms with Crippen LogP contribution in [0.4, 0.5) is 0 Å². The first-order valence-corrected chi connectivity index (χ1v) is 5.51. The summed E-state index contributed by atoms with van der Waals surface area (Å²) < 4.78 is 5.56. The van der Waals surface area contributed by atoms with Gasteiger partial charge in [0.15, 0.2) is 0 Å². The Balaban J connectivity index is 2.28. The summed E-state index contributed by atoms with van der Waals surface area (Å²) >= 11 is 0. The Morgan fingerprint density at radius 1 is 0.929 bits per heavy atom. The highest BCUT2D eigenvalue weighted by molar-refractivity contribution is 4.97. The molecule has 82 valence electrons. The summed E-state index contributed by atoms with van der Waals surface area (Å²) in [5.74, 6) is 0.818. The number of fused-ring (bicyclic) bond motifs is 2. The zero-order valence-electron chi connectivity index (χ0n) is 9.05. The van der Waals surface area contributed by atoms with E-state index in [1.807, 2.05) is 6.92 Å². The molecule has 7 atom stereocenters. The third-order valence-electron chi connectivity index (χ3n) is 4.36. The van der Waals surface area contributed by atoms with Crippen LogP contribution in [0, 0.1) is 23.7 Å². The molecule has 1 saturated carbocycles. The number of ether oxygens (including phenoxy) is 1. The van der Waals surface area contributed by atoms with Gasteiger partial charge < -0.3 is 14.9 Å². The van der Waals surface area contributed by atoms with Gasteiger partial charge in [-0.3, -0.25) is 0 Å². The molecule has 0 aromatic carbocycles. The van der Waals surface area contributed by atoms with Crippen molar-refractivity contribution < 1.29 is 14.9 Å². The van der Waals surface area contributed by atoms with Crippen molar-refractivity contribution in [1.82, 2.24) is 0 Å². The van der Waals surface area contributed by atoms with Crippen LogP contribution in [-0.2, 0) is 4.74 Å². The Hall–Kier alpha value is -0.120. The van der Waals surface area contributed by atoms with Crippen LogP contribution in [-0.4, -0.2) is 35.1 Å². The van der Waals surface area contributed by atoms with E-state index < -0.39 is 0 Å². The van der Waals surface area contributed by atoms with Crippen LogP contribution in [0.25, 0.3) is 0 Å². The monoisotopic (exact) mass is 200 g/mol. The lowest BCUT2D eigenvalue weighted by Gasteiger charge is -2.31.